The van der Waals surface area contributed by atoms with E-state index in [2.05, 4.69) is 20.8 Å². The Labute approximate surface area is 230 Å². The molecule has 0 fully saturated rings. The zero-order valence-corrected chi connectivity index (χ0v) is 22.5. The normalized spacial score (nSPS) is 12.1. The van der Waals surface area contributed by atoms with Crippen LogP contribution in [0.1, 0.15) is 31.9 Å². The lowest BCUT2D eigenvalue weighted by molar-refractivity contribution is -0.387. The number of nitrogens with zero attached hydrogens (tertiary/aromatic N) is 3. The molecule has 39 heavy (non-hydrogen) atoms. The van der Waals surface area contributed by atoms with E-state index >= 15 is 0 Å². The van der Waals surface area contributed by atoms with Crippen molar-refractivity contribution in [1.82, 2.24) is 15.7 Å². The van der Waals surface area contributed by atoms with E-state index < -0.39 is 28.6 Å². The quantitative estimate of drug-likeness (QED) is 0.198. The molecule has 0 aliphatic rings. The van der Waals surface area contributed by atoms with Crippen LogP contribution in [0.5, 0.6) is 0 Å². The fraction of sp³-hybridized carbons (Fsp3) is 0.259. The first-order chi connectivity index (χ1) is 18.6. The van der Waals surface area contributed by atoms with Crippen LogP contribution in [-0.4, -0.2) is 46.4 Å². The molecule has 0 unspecified atom stereocenters. The minimum atomic E-state index is -1.10. The third-order valence-corrected chi connectivity index (χ3v) is 5.84. The SMILES string of the molecule is CC(C)(C)OC(=O)N[C@@H](COCc1ccccc1)C(=O)N/N=C\c1ccc(Sc2ccccn2)c([N+](=O)[O-])c1. The number of carbonyl (C=O) groups excluding carboxylic acids is 2. The highest BCUT2D eigenvalue weighted by molar-refractivity contribution is 7.99. The smallest absolute Gasteiger partial charge is 0.408 e. The fourth-order valence-electron chi connectivity index (χ4n) is 3.11. The average molecular weight is 552 g/mol. The molecule has 2 amide bonds. The predicted molar refractivity (Wildman–Crippen MR) is 146 cm³/mol. The highest BCUT2D eigenvalue weighted by atomic mass is 32.2. The van der Waals surface area contributed by atoms with Gasteiger partial charge in [0.1, 0.15) is 16.7 Å². The first-order valence-electron chi connectivity index (χ1n) is 11.9. The molecular weight excluding hydrogens is 522 g/mol. The highest BCUT2D eigenvalue weighted by Gasteiger charge is 2.25. The summed E-state index contributed by atoms with van der Waals surface area (Å²) in [5.74, 6) is -0.651. The van der Waals surface area contributed by atoms with Crippen LogP contribution in [0.15, 0.2) is 87.9 Å². The van der Waals surface area contributed by atoms with Gasteiger partial charge in [0.15, 0.2) is 0 Å². The van der Waals surface area contributed by atoms with Gasteiger partial charge in [0.05, 0.1) is 29.2 Å². The van der Waals surface area contributed by atoms with Crippen molar-refractivity contribution < 1.29 is 24.0 Å². The maximum atomic E-state index is 12.8. The number of hydrazone groups is 1. The first-order valence-corrected chi connectivity index (χ1v) is 12.7. The van der Waals surface area contributed by atoms with Crippen molar-refractivity contribution >= 4 is 35.7 Å². The Kier molecular flexibility index (Phi) is 10.5. The number of hydrogen-bond donors (Lipinski definition) is 2. The molecule has 12 heteroatoms. The van der Waals surface area contributed by atoms with Crippen LogP contribution in [0.3, 0.4) is 0 Å². The van der Waals surface area contributed by atoms with E-state index in [4.69, 9.17) is 9.47 Å². The number of aromatic nitrogens is 1. The van der Waals surface area contributed by atoms with Crippen LogP contribution >= 0.6 is 11.8 Å². The maximum absolute atomic E-state index is 12.8. The van der Waals surface area contributed by atoms with Crippen molar-refractivity contribution in [2.24, 2.45) is 5.10 Å². The lowest BCUT2D eigenvalue weighted by atomic mass is 10.2. The van der Waals surface area contributed by atoms with E-state index in [-0.39, 0.29) is 18.9 Å². The number of nitro groups is 1. The Hall–Kier alpha value is -4.29. The van der Waals surface area contributed by atoms with Gasteiger partial charge < -0.3 is 14.8 Å². The first kappa shape index (κ1) is 29.3. The van der Waals surface area contributed by atoms with E-state index in [9.17, 15) is 19.7 Å². The summed E-state index contributed by atoms with van der Waals surface area (Å²) in [6.07, 6.45) is 2.09. The third-order valence-electron chi connectivity index (χ3n) is 4.82. The van der Waals surface area contributed by atoms with Crippen molar-refractivity contribution in [2.75, 3.05) is 6.61 Å². The summed E-state index contributed by atoms with van der Waals surface area (Å²) in [5.41, 5.74) is 2.76. The van der Waals surface area contributed by atoms with Gasteiger partial charge in [-0.25, -0.2) is 15.2 Å². The average Bonchev–Trinajstić information content (AvgIpc) is 2.89. The summed E-state index contributed by atoms with van der Waals surface area (Å²) in [6.45, 7) is 5.21. The van der Waals surface area contributed by atoms with E-state index in [1.54, 1.807) is 57.3 Å². The van der Waals surface area contributed by atoms with Crippen LogP contribution < -0.4 is 10.7 Å². The number of hydrogen-bond acceptors (Lipinski definition) is 9. The second kappa shape index (κ2) is 14.0. The zero-order valence-electron chi connectivity index (χ0n) is 21.7. The standard InChI is InChI=1S/C27H29N5O6S/c1-27(2,3)38-26(34)30-21(18-37-17-19-9-5-4-6-10-19)25(33)31-29-16-20-12-13-23(22(15-20)32(35)36)39-24-11-7-8-14-28-24/h4-16,21H,17-18H2,1-3H3,(H,30,34)(H,31,33)/b29-16-/t21-/m0/s1. The van der Waals surface area contributed by atoms with Crippen LogP contribution in [0, 0.1) is 10.1 Å². The molecule has 1 heterocycles. The molecule has 11 nitrogen and oxygen atoms in total. The second-order valence-electron chi connectivity index (χ2n) is 9.19. The number of pyridine rings is 1. The number of alkyl carbamates (subject to hydrolysis) is 1. The Morgan fingerprint density at radius 1 is 1.13 bits per heavy atom. The van der Waals surface area contributed by atoms with Crippen LogP contribution in [0.25, 0.3) is 0 Å². The molecular formula is C27H29N5O6S. The predicted octanol–water partition coefficient (Wildman–Crippen LogP) is 4.70. The molecule has 0 saturated carbocycles. The summed E-state index contributed by atoms with van der Waals surface area (Å²) in [7, 11) is 0. The summed E-state index contributed by atoms with van der Waals surface area (Å²) in [6, 6.07) is 18.1. The molecule has 1 atom stereocenters. The molecule has 204 valence electrons. The molecule has 0 aliphatic heterocycles. The lowest BCUT2D eigenvalue weighted by Crippen LogP contribution is -2.49. The molecule has 3 rings (SSSR count). The largest absolute Gasteiger partial charge is 0.444 e. The van der Waals surface area contributed by atoms with Crippen molar-refractivity contribution in [3.8, 4) is 0 Å². The molecule has 0 radical (unpaired) electrons. The van der Waals surface area contributed by atoms with Gasteiger partial charge in [0.2, 0.25) is 0 Å². The van der Waals surface area contributed by atoms with Gasteiger partial charge in [0.25, 0.3) is 11.6 Å². The number of amides is 2. The van der Waals surface area contributed by atoms with Gasteiger partial charge in [-0.15, -0.1) is 0 Å². The number of ether oxygens (including phenoxy) is 2. The molecule has 0 aliphatic carbocycles. The van der Waals surface area contributed by atoms with Gasteiger partial charge in [-0.1, -0.05) is 54.2 Å². The van der Waals surface area contributed by atoms with E-state index in [0.717, 1.165) is 5.56 Å². The number of nitrogens with one attached hydrogen (secondary N) is 2. The summed E-state index contributed by atoms with van der Waals surface area (Å²) in [5, 5.41) is 18.7. The minimum absolute atomic E-state index is 0.125. The van der Waals surface area contributed by atoms with E-state index in [0.29, 0.717) is 15.5 Å². The second-order valence-corrected chi connectivity index (χ2v) is 10.3. The van der Waals surface area contributed by atoms with E-state index in [1.165, 1.54) is 24.0 Å². The number of carbonyl (C=O) groups is 2. The number of rotatable bonds is 11. The number of nitro benzene ring substituents is 1. The monoisotopic (exact) mass is 551 g/mol. The maximum Gasteiger partial charge on any atom is 0.408 e. The Morgan fingerprint density at radius 2 is 1.87 bits per heavy atom. The van der Waals surface area contributed by atoms with Crippen LogP contribution in [-0.2, 0) is 20.9 Å². The molecule has 0 bridgehead atoms. The fourth-order valence-corrected chi connectivity index (χ4v) is 3.97. The van der Waals surface area contributed by atoms with Crippen molar-refractivity contribution in [3.63, 3.8) is 0 Å². The minimum Gasteiger partial charge on any atom is -0.444 e. The topological polar surface area (TPSA) is 145 Å². The lowest BCUT2D eigenvalue weighted by Gasteiger charge is -2.22. The van der Waals surface area contributed by atoms with Gasteiger partial charge >= 0.3 is 6.09 Å². The van der Waals surface area contributed by atoms with Gasteiger partial charge in [-0.3, -0.25) is 14.9 Å². The van der Waals surface area contributed by atoms with Gasteiger partial charge in [0, 0.05) is 17.8 Å². The zero-order chi connectivity index (χ0) is 28.3. The summed E-state index contributed by atoms with van der Waals surface area (Å²) in [4.78, 5) is 40.8. The molecule has 0 spiro atoms. The van der Waals surface area contributed by atoms with Crippen molar-refractivity contribution in [1.29, 1.82) is 0 Å². The van der Waals surface area contributed by atoms with Gasteiger partial charge in [-0.05, 0) is 44.5 Å². The van der Waals surface area contributed by atoms with Crippen LogP contribution in [0.4, 0.5) is 10.5 Å². The van der Waals surface area contributed by atoms with Crippen molar-refractivity contribution in [2.45, 2.75) is 48.9 Å². The summed E-state index contributed by atoms with van der Waals surface area (Å²) >= 11 is 1.17. The molecule has 0 saturated heterocycles. The Morgan fingerprint density at radius 3 is 2.54 bits per heavy atom. The Bertz CT molecular complexity index is 1300. The molecule has 3 aromatic rings. The molecule has 2 N–H and O–H groups in total. The van der Waals surface area contributed by atoms with Crippen molar-refractivity contribution in [3.05, 3.63) is 94.2 Å². The van der Waals surface area contributed by atoms with E-state index in [1.807, 2.05) is 30.3 Å². The molecule has 1 aromatic heterocycles. The highest BCUT2D eigenvalue weighted by Crippen LogP contribution is 2.34. The van der Waals surface area contributed by atoms with Gasteiger partial charge in [-0.2, -0.15) is 5.10 Å². The number of benzene rings is 2. The van der Waals surface area contributed by atoms with Crippen LogP contribution in [0.2, 0.25) is 0 Å². The molecule has 2 aromatic carbocycles. The Balaban J connectivity index is 1.66. The summed E-state index contributed by atoms with van der Waals surface area (Å²) < 4.78 is 10.9. The third kappa shape index (κ3) is 10.2.